The second kappa shape index (κ2) is 6.54. The SMILES string of the molecule is CN(c1ccc(N)c(C(N)=O)n1)[C@H]1CCN(C(=O)OC(C)(C)C)C1. The number of anilines is 2. The average molecular weight is 335 g/mol. The van der Waals surface area contributed by atoms with Gasteiger partial charge < -0.3 is 26.0 Å². The van der Waals surface area contributed by atoms with E-state index in [1.807, 2.05) is 32.7 Å². The zero-order valence-corrected chi connectivity index (χ0v) is 14.6. The van der Waals surface area contributed by atoms with E-state index >= 15 is 0 Å². The molecule has 0 bridgehead atoms. The summed E-state index contributed by atoms with van der Waals surface area (Å²) in [5.41, 5.74) is 10.8. The highest BCUT2D eigenvalue weighted by atomic mass is 16.6. The number of likely N-dealkylation sites (N-methyl/N-ethyl adjacent to an activating group) is 1. The maximum absolute atomic E-state index is 12.1. The Morgan fingerprint density at radius 3 is 2.62 bits per heavy atom. The molecule has 1 aliphatic heterocycles. The van der Waals surface area contributed by atoms with Crippen molar-refractivity contribution in [1.82, 2.24) is 9.88 Å². The molecule has 4 N–H and O–H groups in total. The van der Waals surface area contributed by atoms with Crippen molar-refractivity contribution in [3.63, 3.8) is 0 Å². The lowest BCUT2D eigenvalue weighted by atomic mass is 10.2. The fraction of sp³-hybridized carbons (Fsp3) is 0.562. The van der Waals surface area contributed by atoms with Crippen LogP contribution in [0, 0.1) is 0 Å². The first-order valence-electron chi connectivity index (χ1n) is 7.85. The molecule has 24 heavy (non-hydrogen) atoms. The molecule has 2 heterocycles. The number of primary amides is 1. The van der Waals surface area contributed by atoms with Crippen molar-refractivity contribution in [2.75, 3.05) is 30.8 Å². The Morgan fingerprint density at radius 1 is 1.38 bits per heavy atom. The van der Waals surface area contributed by atoms with Gasteiger partial charge in [-0.1, -0.05) is 0 Å². The van der Waals surface area contributed by atoms with Crippen LogP contribution in [0.25, 0.3) is 0 Å². The molecule has 1 fully saturated rings. The lowest BCUT2D eigenvalue weighted by Crippen LogP contribution is -2.39. The number of carbonyl (C=O) groups is 2. The molecule has 1 saturated heterocycles. The number of aromatic nitrogens is 1. The third-order valence-electron chi connectivity index (χ3n) is 3.87. The first-order chi connectivity index (χ1) is 11.1. The molecule has 8 nitrogen and oxygen atoms in total. The number of nitrogens with zero attached hydrogens (tertiary/aromatic N) is 3. The van der Waals surface area contributed by atoms with Crippen LogP contribution in [0.3, 0.4) is 0 Å². The van der Waals surface area contributed by atoms with E-state index in [2.05, 4.69) is 4.98 Å². The van der Waals surface area contributed by atoms with E-state index in [0.717, 1.165) is 6.42 Å². The van der Waals surface area contributed by atoms with Crippen LogP contribution in [0.2, 0.25) is 0 Å². The Labute approximate surface area is 141 Å². The van der Waals surface area contributed by atoms with Crippen LogP contribution in [0.15, 0.2) is 12.1 Å². The average Bonchev–Trinajstić information content (AvgIpc) is 2.94. The van der Waals surface area contributed by atoms with Gasteiger partial charge in [0.2, 0.25) is 0 Å². The highest BCUT2D eigenvalue weighted by Gasteiger charge is 2.32. The Balaban J connectivity index is 2.07. The van der Waals surface area contributed by atoms with E-state index in [9.17, 15) is 9.59 Å². The first kappa shape index (κ1) is 17.8. The molecule has 0 saturated carbocycles. The Hall–Kier alpha value is -2.51. The summed E-state index contributed by atoms with van der Waals surface area (Å²) in [6.45, 7) is 6.67. The fourth-order valence-electron chi connectivity index (χ4n) is 2.59. The molecular weight excluding hydrogens is 310 g/mol. The van der Waals surface area contributed by atoms with Crippen LogP contribution in [0.1, 0.15) is 37.7 Å². The summed E-state index contributed by atoms with van der Waals surface area (Å²) in [4.78, 5) is 31.4. The Morgan fingerprint density at radius 2 is 2.04 bits per heavy atom. The fourth-order valence-corrected chi connectivity index (χ4v) is 2.59. The van der Waals surface area contributed by atoms with Crippen LogP contribution in [0.4, 0.5) is 16.3 Å². The zero-order chi connectivity index (χ0) is 18.1. The van der Waals surface area contributed by atoms with Crippen LogP contribution in [-0.2, 0) is 4.74 Å². The summed E-state index contributed by atoms with van der Waals surface area (Å²) in [6.07, 6.45) is 0.467. The molecule has 0 aliphatic carbocycles. The van der Waals surface area contributed by atoms with E-state index in [-0.39, 0.29) is 23.5 Å². The lowest BCUT2D eigenvalue weighted by molar-refractivity contribution is 0.0292. The molecule has 1 atom stereocenters. The van der Waals surface area contributed by atoms with Gasteiger partial charge in [0.15, 0.2) is 5.69 Å². The van der Waals surface area contributed by atoms with E-state index in [4.69, 9.17) is 16.2 Å². The molecule has 1 aromatic heterocycles. The van der Waals surface area contributed by atoms with Gasteiger partial charge in [0, 0.05) is 26.2 Å². The number of rotatable bonds is 3. The van der Waals surface area contributed by atoms with Gasteiger partial charge in [-0.25, -0.2) is 9.78 Å². The predicted molar refractivity (Wildman–Crippen MR) is 91.8 cm³/mol. The minimum absolute atomic E-state index is 0.0568. The quantitative estimate of drug-likeness (QED) is 0.858. The number of nitrogens with two attached hydrogens (primary N) is 2. The summed E-state index contributed by atoms with van der Waals surface area (Å²) >= 11 is 0. The lowest BCUT2D eigenvalue weighted by Gasteiger charge is -2.27. The number of ether oxygens (including phenoxy) is 1. The zero-order valence-electron chi connectivity index (χ0n) is 14.6. The van der Waals surface area contributed by atoms with E-state index in [1.165, 1.54) is 0 Å². The van der Waals surface area contributed by atoms with Crippen LogP contribution >= 0.6 is 0 Å². The van der Waals surface area contributed by atoms with Crippen molar-refractivity contribution in [2.24, 2.45) is 5.73 Å². The largest absolute Gasteiger partial charge is 0.444 e. The summed E-state index contributed by atoms with van der Waals surface area (Å²) in [6, 6.07) is 3.42. The van der Waals surface area contributed by atoms with Gasteiger partial charge in [-0.3, -0.25) is 4.79 Å². The molecule has 132 valence electrons. The number of pyridine rings is 1. The maximum atomic E-state index is 12.1. The molecule has 0 aromatic carbocycles. The van der Waals surface area contributed by atoms with Gasteiger partial charge >= 0.3 is 6.09 Å². The van der Waals surface area contributed by atoms with E-state index in [1.54, 1.807) is 17.0 Å². The number of nitrogen functional groups attached to an aromatic ring is 1. The molecule has 0 radical (unpaired) electrons. The topological polar surface area (TPSA) is 115 Å². The molecular formula is C16H25N5O3. The molecule has 2 amide bonds. The van der Waals surface area contributed by atoms with Gasteiger partial charge in [-0.2, -0.15) is 0 Å². The number of carbonyl (C=O) groups excluding carboxylic acids is 2. The number of hydrogen-bond donors (Lipinski definition) is 2. The van der Waals surface area contributed by atoms with Crippen LogP contribution in [0.5, 0.6) is 0 Å². The number of amides is 2. The van der Waals surface area contributed by atoms with Crippen molar-refractivity contribution in [1.29, 1.82) is 0 Å². The predicted octanol–water partition coefficient (Wildman–Crippen LogP) is 1.21. The second-order valence-corrected chi connectivity index (χ2v) is 6.95. The van der Waals surface area contributed by atoms with Crippen molar-refractivity contribution >= 4 is 23.5 Å². The van der Waals surface area contributed by atoms with Crippen LogP contribution < -0.4 is 16.4 Å². The molecule has 2 rings (SSSR count). The highest BCUT2D eigenvalue weighted by molar-refractivity contribution is 5.96. The second-order valence-electron chi connectivity index (χ2n) is 6.95. The van der Waals surface area contributed by atoms with Crippen LogP contribution in [-0.4, -0.2) is 53.7 Å². The summed E-state index contributed by atoms with van der Waals surface area (Å²) < 4.78 is 5.40. The summed E-state index contributed by atoms with van der Waals surface area (Å²) in [5, 5.41) is 0. The van der Waals surface area contributed by atoms with Gasteiger partial charge in [0.05, 0.1) is 5.69 Å². The highest BCUT2D eigenvalue weighted by Crippen LogP contribution is 2.23. The Kier molecular flexibility index (Phi) is 4.86. The minimum atomic E-state index is -0.662. The van der Waals surface area contributed by atoms with E-state index < -0.39 is 11.5 Å². The van der Waals surface area contributed by atoms with Gasteiger partial charge in [0.25, 0.3) is 5.91 Å². The first-order valence-corrected chi connectivity index (χ1v) is 7.85. The number of hydrogen-bond acceptors (Lipinski definition) is 6. The standard InChI is InChI=1S/C16H25N5O3/c1-16(2,3)24-15(23)21-8-7-10(9-21)20(4)12-6-5-11(17)13(19-12)14(18)22/h5-6,10H,7-9,17H2,1-4H3,(H2,18,22)/t10-/m0/s1. The van der Waals surface area contributed by atoms with Crippen molar-refractivity contribution in [2.45, 2.75) is 38.8 Å². The maximum Gasteiger partial charge on any atom is 0.410 e. The van der Waals surface area contributed by atoms with Crippen molar-refractivity contribution in [3.05, 3.63) is 17.8 Å². The monoisotopic (exact) mass is 335 g/mol. The van der Waals surface area contributed by atoms with Crippen molar-refractivity contribution < 1.29 is 14.3 Å². The summed E-state index contributed by atoms with van der Waals surface area (Å²) in [7, 11) is 1.87. The van der Waals surface area contributed by atoms with Gasteiger partial charge in [-0.15, -0.1) is 0 Å². The van der Waals surface area contributed by atoms with Gasteiger partial charge in [-0.05, 0) is 39.3 Å². The smallest absolute Gasteiger partial charge is 0.410 e. The van der Waals surface area contributed by atoms with Crippen molar-refractivity contribution in [3.8, 4) is 0 Å². The summed E-state index contributed by atoms with van der Waals surface area (Å²) in [5.74, 6) is -0.0707. The normalized spacial score (nSPS) is 17.7. The van der Waals surface area contributed by atoms with E-state index in [0.29, 0.717) is 18.9 Å². The number of likely N-dealkylation sites (tertiary alicyclic amines) is 1. The molecule has 0 spiro atoms. The molecule has 0 unspecified atom stereocenters. The van der Waals surface area contributed by atoms with Gasteiger partial charge in [0.1, 0.15) is 11.4 Å². The third kappa shape index (κ3) is 4.06. The molecule has 1 aromatic rings. The molecule has 8 heteroatoms. The Bertz CT molecular complexity index is 641. The molecule has 1 aliphatic rings. The third-order valence-corrected chi connectivity index (χ3v) is 3.87. The minimum Gasteiger partial charge on any atom is -0.444 e.